The van der Waals surface area contributed by atoms with Crippen molar-refractivity contribution in [1.29, 1.82) is 0 Å². The largest absolute Gasteiger partial charge is 1.00 e. The minimum atomic E-state index is -1.19. The summed E-state index contributed by atoms with van der Waals surface area (Å²) >= 11 is 0. The predicted molar refractivity (Wildman–Crippen MR) is 121 cm³/mol. The van der Waals surface area contributed by atoms with Crippen molar-refractivity contribution in [3.63, 3.8) is 0 Å². The van der Waals surface area contributed by atoms with E-state index in [-0.39, 0.29) is 41.0 Å². The van der Waals surface area contributed by atoms with Crippen molar-refractivity contribution >= 4 is 11.9 Å². The van der Waals surface area contributed by atoms with E-state index in [0.717, 1.165) is 42.5 Å². The fraction of sp³-hybridized carbons (Fsp3) is 0.259. The van der Waals surface area contributed by atoms with Crippen LogP contribution in [0.2, 0.25) is 0 Å². The van der Waals surface area contributed by atoms with Crippen molar-refractivity contribution in [2.75, 3.05) is 6.54 Å². The van der Waals surface area contributed by atoms with Gasteiger partial charge in [0.25, 0.3) is 0 Å². The molecule has 0 aliphatic rings. The minimum absolute atomic E-state index is 0. The van der Waals surface area contributed by atoms with Crippen LogP contribution < -0.4 is 34.7 Å². The molecule has 3 rings (SSSR count). The van der Waals surface area contributed by atoms with Crippen LogP contribution in [0.5, 0.6) is 0 Å². The van der Waals surface area contributed by atoms with Gasteiger partial charge >= 0.3 is 29.6 Å². The van der Waals surface area contributed by atoms with Crippen LogP contribution in [0, 0.1) is 0 Å². The Bertz CT molecular complexity index is 1020. The first-order chi connectivity index (χ1) is 15.1. The van der Waals surface area contributed by atoms with E-state index in [0.29, 0.717) is 13.0 Å². The molecule has 0 bridgehead atoms. The molecule has 5 heteroatoms. The number of carbonyl (C=O) groups is 2. The molecule has 3 aromatic carbocycles. The van der Waals surface area contributed by atoms with E-state index in [2.05, 4.69) is 6.92 Å². The van der Waals surface area contributed by atoms with E-state index in [1.54, 1.807) is 12.1 Å². The molecule has 1 amide bonds. The van der Waals surface area contributed by atoms with Gasteiger partial charge in [0.2, 0.25) is 5.91 Å². The third-order valence-electron chi connectivity index (χ3n) is 5.34. The molecule has 32 heavy (non-hydrogen) atoms. The molecule has 0 spiro atoms. The van der Waals surface area contributed by atoms with Gasteiger partial charge < -0.3 is 14.8 Å². The van der Waals surface area contributed by atoms with Gasteiger partial charge in [-0.05, 0) is 52.8 Å². The predicted octanol–water partition coefficient (Wildman–Crippen LogP) is 1.48. The molecular formula is C27H28NNaO3. The fourth-order valence-electron chi connectivity index (χ4n) is 3.59. The van der Waals surface area contributed by atoms with Crippen molar-refractivity contribution in [2.24, 2.45) is 0 Å². The maximum absolute atomic E-state index is 13.0. The minimum Gasteiger partial charge on any atom is -0.545 e. The van der Waals surface area contributed by atoms with Crippen LogP contribution in [0.1, 0.15) is 47.7 Å². The number of benzene rings is 3. The smallest absolute Gasteiger partial charge is 0.545 e. The molecule has 3 aromatic rings. The topological polar surface area (TPSA) is 60.4 Å². The first-order valence-corrected chi connectivity index (χ1v) is 10.8. The van der Waals surface area contributed by atoms with Gasteiger partial charge in [-0.15, -0.1) is 0 Å². The molecule has 0 atom stereocenters. The second-order valence-electron chi connectivity index (χ2n) is 7.72. The van der Waals surface area contributed by atoms with Gasteiger partial charge in [0, 0.05) is 19.5 Å². The van der Waals surface area contributed by atoms with Gasteiger partial charge in [0.1, 0.15) is 0 Å². The van der Waals surface area contributed by atoms with E-state index in [4.69, 9.17) is 0 Å². The summed E-state index contributed by atoms with van der Waals surface area (Å²) in [5.74, 6) is -1.03. The summed E-state index contributed by atoms with van der Waals surface area (Å²) in [7, 11) is 0. The van der Waals surface area contributed by atoms with Gasteiger partial charge in [-0.1, -0.05) is 80.1 Å². The first kappa shape index (κ1) is 25.9. The van der Waals surface area contributed by atoms with Crippen LogP contribution in [-0.4, -0.2) is 23.3 Å². The molecule has 0 heterocycles. The van der Waals surface area contributed by atoms with E-state index >= 15 is 0 Å². The maximum atomic E-state index is 13.0. The van der Waals surface area contributed by atoms with E-state index < -0.39 is 5.97 Å². The van der Waals surface area contributed by atoms with Crippen molar-refractivity contribution in [3.8, 4) is 11.1 Å². The number of carboxylic acids is 1. The molecule has 0 radical (unpaired) electrons. The van der Waals surface area contributed by atoms with Gasteiger partial charge in [-0.3, -0.25) is 4.79 Å². The van der Waals surface area contributed by atoms with E-state index in [1.807, 2.05) is 65.6 Å². The number of hydrogen-bond acceptors (Lipinski definition) is 3. The zero-order valence-corrected chi connectivity index (χ0v) is 20.9. The molecule has 160 valence electrons. The molecular weight excluding hydrogens is 409 g/mol. The number of amides is 1. The summed E-state index contributed by atoms with van der Waals surface area (Å²) in [4.78, 5) is 26.1. The van der Waals surface area contributed by atoms with Gasteiger partial charge in [0.05, 0.1) is 5.97 Å². The Morgan fingerprint density at radius 2 is 1.50 bits per heavy atom. The average Bonchev–Trinajstić information content (AvgIpc) is 2.81. The molecule has 4 nitrogen and oxygen atoms in total. The van der Waals surface area contributed by atoms with Crippen LogP contribution in [0.15, 0.2) is 78.9 Å². The SMILES string of the molecule is CCCCN(Cc1cccc(-c2cccc(C(=O)[O-])c2)c1)C(=O)CCc1ccccc1.[Na+]. The third kappa shape index (κ3) is 7.63. The number of aromatic carboxylic acids is 1. The Morgan fingerprint density at radius 3 is 2.19 bits per heavy atom. The zero-order valence-electron chi connectivity index (χ0n) is 18.9. The van der Waals surface area contributed by atoms with E-state index in [1.165, 1.54) is 11.6 Å². The second-order valence-corrected chi connectivity index (χ2v) is 7.72. The summed E-state index contributed by atoms with van der Waals surface area (Å²) in [5, 5.41) is 11.2. The summed E-state index contributed by atoms with van der Waals surface area (Å²) in [6, 6.07) is 24.7. The summed E-state index contributed by atoms with van der Waals surface area (Å²) in [6.07, 6.45) is 3.21. The maximum Gasteiger partial charge on any atom is 1.00 e. The van der Waals surface area contributed by atoms with Crippen LogP contribution in [0.25, 0.3) is 11.1 Å². The summed E-state index contributed by atoms with van der Waals surface area (Å²) in [6.45, 7) is 3.40. The third-order valence-corrected chi connectivity index (χ3v) is 5.34. The van der Waals surface area contributed by atoms with Crippen LogP contribution >= 0.6 is 0 Å². The van der Waals surface area contributed by atoms with Gasteiger partial charge in [0.15, 0.2) is 0 Å². The number of carboxylic acid groups (broad SMARTS) is 1. The van der Waals surface area contributed by atoms with Crippen LogP contribution in [0.3, 0.4) is 0 Å². The van der Waals surface area contributed by atoms with E-state index in [9.17, 15) is 14.7 Å². The van der Waals surface area contributed by atoms with Crippen LogP contribution in [0.4, 0.5) is 0 Å². The molecule has 0 aliphatic heterocycles. The standard InChI is InChI=1S/C27H29NO3.Na/c1-2-3-17-28(26(29)16-15-21-9-5-4-6-10-21)20-22-11-7-12-23(18-22)24-13-8-14-25(19-24)27(30)31;/h4-14,18-19H,2-3,15-17,20H2,1H3,(H,30,31);/q;+1/p-1. The number of carbonyl (C=O) groups excluding carboxylic acids is 2. The Labute approximate surface area is 212 Å². The normalized spacial score (nSPS) is 10.3. The van der Waals surface area contributed by atoms with Crippen molar-refractivity contribution in [1.82, 2.24) is 4.90 Å². The molecule has 0 saturated carbocycles. The average molecular weight is 438 g/mol. The Balaban J connectivity index is 0.00000363. The first-order valence-electron chi connectivity index (χ1n) is 10.8. The fourth-order valence-corrected chi connectivity index (χ4v) is 3.59. The summed E-state index contributed by atoms with van der Waals surface area (Å²) < 4.78 is 0. The summed E-state index contributed by atoms with van der Waals surface area (Å²) in [5.41, 5.74) is 4.09. The molecule has 0 unspecified atom stereocenters. The second kappa shape index (κ2) is 13.2. The molecule has 0 aliphatic carbocycles. The molecule has 0 fully saturated rings. The monoisotopic (exact) mass is 437 g/mol. The molecule has 0 saturated heterocycles. The van der Waals surface area contributed by atoms with Crippen molar-refractivity contribution in [2.45, 2.75) is 39.2 Å². The number of aryl methyl sites for hydroxylation is 1. The van der Waals surface area contributed by atoms with Gasteiger partial charge in [-0.25, -0.2) is 0 Å². The zero-order chi connectivity index (χ0) is 22.1. The number of rotatable bonds is 10. The Kier molecular flexibility index (Phi) is 10.7. The van der Waals surface area contributed by atoms with Crippen molar-refractivity contribution < 1.29 is 44.3 Å². The molecule has 0 N–H and O–H groups in total. The van der Waals surface area contributed by atoms with Gasteiger partial charge in [-0.2, -0.15) is 0 Å². The Hall–Kier alpha value is -2.40. The molecule has 0 aromatic heterocycles. The quantitative estimate of drug-likeness (QED) is 0.452. The Morgan fingerprint density at radius 1 is 0.844 bits per heavy atom. The number of hydrogen-bond donors (Lipinski definition) is 0. The van der Waals surface area contributed by atoms with Crippen molar-refractivity contribution in [3.05, 3.63) is 95.6 Å². The van der Waals surface area contributed by atoms with Crippen LogP contribution in [-0.2, 0) is 17.8 Å². The number of nitrogens with zero attached hydrogens (tertiary/aromatic N) is 1. The number of unbranched alkanes of at least 4 members (excludes halogenated alkanes) is 1.